The van der Waals surface area contributed by atoms with Crippen LogP contribution in [0.1, 0.15) is 89.7 Å². The number of carboxylic acids is 1. The van der Waals surface area contributed by atoms with E-state index in [1.807, 2.05) is 13.0 Å². The molecular formula is C33H41NO8. The Morgan fingerprint density at radius 1 is 0.976 bits per heavy atom. The van der Waals surface area contributed by atoms with Gasteiger partial charge in [0.2, 0.25) is 11.7 Å². The summed E-state index contributed by atoms with van der Waals surface area (Å²) in [7, 11) is 0. The number of rotatable bonds is 9. The van der Waals surface area contributed by atoms with Crippen molar-refractivity contribution in [3.63, 3.8) is 0 Å². The van der Waals surface area contributed by atoms with E-state index < -0.39 is 47.3 Å². The van der Waals surface area contributed by atoms with Crippen molar-refractivity contribution in [2.24, 2.45) is 28.6 Å². The number of esters is 1. The summed E-state index contributed by atoms with van der Waals surface area (Å²) in [5.41, 5.74) is -0.541. The van der Waals surface area contributed by atoms with Crippen LogP contribution in [0.25, 0.3) is 0 Å². The molecule has 3 N–H and O–H groups in total. The quantitative estimate of drug-likeness (QED) is 0.371. The molecule has 0 spiro atoms. The molecule has 0 unspecified atom stereocenters. The second kappa shape index (κ2) is 11.4. The smallest absolute Gasteiger partial charge is 0.330 e. The Labute approximate surface area is 246 Å². The number of ether oxygens (including phenoxy) is 1. The predicted molar refractivity (Wildman–Crippen MR) is 152 cm³/mol. The summed E-state index contributed by atoms with van der Waals surface area (Å²) in [5.74, 6) is -1.94. The van der Waals surface area contributed by atoms with Gasteiger partial charge in [-0.1, -0.05) is 49.8 Å². The molecular weight excluding hydrogens is 538 g/mol. The summed E-state index contributed by atoms with van der Waals surface area (Å²) in [5, 5.41) is 23.7. The van der Waals surface area contributed by atoms with Crippen LogP contribution in [0, 0.1) is 28.6 Å². The van der Waals surface area contributed by atoms with Crippen molar-refractivity contribution in [1.82, 2.24) is 5.32 Å². The first-order valence-electron chi connectivity index (χ1n) is 15.1. The molecule has 0 radical (unpaired) electrons. The van der Waals surface area contributed by atoms with Gasteiger partial charge >= 0.3 is 11.9 Å². The molecule has 1 amide bonds. The average molecular weight is 580 g/mol. The third-order valence-corrected chi connectivity index (χ3v) is 11.2. The molecule has 1 aromatic carbocycles. The van der Waals surface area contributed by atoms with Crippen LogP contribution in [0.5, 0.6) is 0 Å². The lowest BCUT2D eigenvalue weighted by atomic mass is 9.46. The number of benzene rings is 1. The number of ketones is 2. The third-order valence-electron chi connectivity index (χ3n) is 11.2. The van der Waals surface area contributed by atoms with Crippen LogP contribution >= 0.6 is 0 Å². The van der Waals surface area contributed by atoms with Crippen molar-refractivity contribution < 1.29 is 38.9 Å². The Kier molecular flexibility index (Phi) is 8.18. The van der Waals surface area contributed by atoms with E-state index in [1.54, 1.807) is 30.3 Å². The SMILES string of the molecule is C[C@]12CCC(=O)C=C1CC[C@@H]1[C@@H]2CC[C@@]2(C)[C@H]1CC[C@]2(O)C(=O)COC(=O)CCC(=O)N[C@@H](C(=O)O)c1ccccc1. The summed E-state index contributed by atoms with van der Waals surface area (Å²) in [6, 6.07) is 7.00. The number of amides is 1. The van der Waals surface area contributed by atoms with Gasteiger partial charge in [0, 0.05) is 18.3 Å². The molecule has 0 saturated heterocycles. The van der Waals surface area contributed by atoms with Gasteiger partial charge in [0.25, 0.3) is 0 Å². The molecule has 0 aliphatic heterocycles. The lowest BCUT2D eigenvalue weighted by Gasteiger charge is -2.58. The molecule has 7 atom stereocenters. The minimum Gasteiger partial charge on any atom is -0.479 e. The normalized spacial score (nSPS) is 34.2. The zero-order valence-corrected chi connectivity index (χ0v) is 24.4. The van der Waals surface area contributed by atoms with Crippen molar-refractivity contribution >= 4 is 29.4 Å². The van der Waals surface area contributed by atoms with E-state index in [1.165, 1.54) is 5.57 Å². The standard InChI is InChI=1S/C33H41NO8/c1-31-15-12-22(35)18-21(31)8-9-23-24(31)13-16-32(2)25(23)14-17-33(32,41)26(36)19-42-28(38)11-10-27(37)34-29(30(39)40)20-6-4-3-5-7-20/h3-7,18,23-25,29,41H,8-17,19H2,1-2H3,(H,34,37)(H,39,40)/t23-,24+,25+,29-,31+,32+,33+/m1/s1. The number of aliphatic hydroxyl groups is 1. The van der Waals surface area contributed by atoms with Crippen LogP contribution in [0.4, 0.5) is 0 Å². The maximum absolute atomic E-state index is 13.4. The molecule has 4 aliphatic rings. The summed E-state index contributed by atoms with van der Waals surface area (Å²) >= 11 is 0. The maximum atomic E-state index is 13.4. The molecule has 3 fully saturated rings. The van der Waals surface area contributed by atoms with E-state index >= 15 is 0 Å². The van der Waals surface area contributed by atoms with Crippen LogP contribution < -0.4 is 5.32 Å². The highest BCUT2D eigenvalue weighted by Gasteiger charge is 2.66. The highest BCUT2D eigenvalue weighted by Crippen LogP contribution is 2.67. The second-order valence-electron chi connectivity index (χ2n) is 13.2. The molecule has 5 rings (SSSR count). The number of carbonyl (C=O) groups is 5. The summed E-state index contributed by atoms with van der Waals surface area (Å²) in [4.78, 5) is 61.9. The average Bonchev–Trinajstić information content (AvgIpc) is 3.25. The van der Waals surface area contributed by atoms with Crippen molar-refractivity contribution in [2.45, 2.75) is 89.7 Å². The number of allylic oxidation sites excluding steroid dienone is 1. The highest BCUT2D eigenvalue weighted by atomic mass is 16.5. The van der Waals surface area contributed by atoms with Crippen molar-refractivity contribution in [2.75, 3.05) is 6.61 Å². The van der Waals surface area contributed by atoms with Gasteiger partial charge in [-0.25, -0.2) is 4.79 Å². The minimum absolute atomic E-state index is 0.00370. The molecule has 0 heterocycles. The lowest BCUT2D eigenvalue weighted by Crippen LogP contribution is -2.58. The number of nitrogens with one attached hydrogen (secondary N) is 1. The largest absolute Gasteiger partial charge is 0.479 e. The van der Waals surface area contributed by atoms with Crippen LogP contribution in [0.3, 0.4) is 0 Å². The number of hydrogen-bond donors (Lipinski definition) is 3. The minimum atomic E-state index is -1.59. The fourth-order valence-electron chi connectivity index (χ4n) is 8.75. The van der Waals surface area contributed by atoms with Crippen molar-refractivity contribution in [3.8, 4) is 0 Å². The molecule has 3 saturated carbocycles. The van der Waals surface area contributed by atoms with Crippen LogP contribution in [0.2, 0.25) is 0 Å². The molecule has 0 bridgehead atoms. The van der Waals surface area contributed by atoms with Crippen molar-refractivity contribution in [3.05, 3.63) is 47.5 Å². The Hall–Kier alpha value is -3.33. The van der Waals surface area contributed by atoms with Crippen LogP contribution in [0.15, 0.2) is 42.0 Å². The summed E-state index contributed by atoms with van der Waals surface area (Å²) in [6.07, 6.45) is 7.15. The van der Waals surface area contributed by atoms with Gasteiger partial charge in [0.05, 0.1) is 6.42 Å². The van der Waals surface area contributed by atoms with Gasteiger partial charge in [-0.2, -0.15) is 0 Å². The second-order valence-corrected chi connectivity index (χ2v) is 13.2. The fourth-order valence-corrected chi connectivity index (χ4v) is 8.75. The number of hydrogen-bond acceptors (Lipinski definition) is 7. The number of Topliss-reactive ketones (excluding diaryl/α,β-unsaturated/α-hetero) is 1. The van der Waals surface area contributed by atoms with Gasteiger partial charge in [-0.15, -0.1) is 0 Å². The molecule has 1 aromatic rings. The zero-order chi connectivity index (χ0) is 30.3. The van der Waals surface area contributed by atoms with Gasteiger partial charge in [0.15, 0.2) is 18.4 Å². The first-order valence-corrected chi connectivity index (χ1v) is 15.1. The zero-order valence-electron chi connectivity index (χ0n) is 24.4. The third kappa shape index (κ3) is 5.21. The topological polar surface area (TPSA) is 147 Å². The first-order chi connectivity index (χ1) is 19.9. The summed E-state index contributed by atoms with van der Waals surface area (Å²) in [6.45, 7) is 3.73. The van der Waals surface area contributed by atoms with Gasteiger partial charge in [0.1, 0.15) is 5.60 Å². The Morgan fingerprint density at radius 3 is 2.40 bits per heavy atom. The van der Waals surface area contributed by atoms with E-state index in [0.29, 0.717) is 36.7 Å². The summed E-state index contributed by atoms with van der Waals surface area (Å²) < 4.78 is 5.21. The molecule has 9 heteroatoms. The fraction of sp³-hybridized carbons (Fsp3) is 0.606. The van der Waals surface area contributed by atoms with Crippen LogP contribution in [-0.2, 0) is 28.7 Å². The number of aliphatic carboxylic acids is 1. The molecule has 4 aliphatic carbocycles. The van der Waals surface area contributed by atoms with E-state index in [4.69, 9.17) is 4.74 Å². The molecule has 0 aromatic heterocycles. The Balaban J connectivity index is 1.16. The molecule has 9 nitrogen and oxygen atoms in total. The van der Waals surface area contributed by atoms with E-state index in [2.05, 4.69) is 12.2 Å². The number of carboxylic acid groups (broad SMARTS) is 1. The van der Waals surface area contributed by atoms with E-state index in [0.717, 1.165) is 32.1 Å². The monoisotopic (exact) mass is 579 g/mol. The molecule has 226 valence electrons. The number of carbonyl (C=O) groups excluding carboxylic acids is 4. The molecule has 42 heavy (non-hydrogen) atoms. The maximum Gasteiger partial charge on any atom is 0.330 e. The highest BCUT2D eigenvalue weighted by molar-refractivity contribution is 5.92. The van der Waals surface area contributed by atoms with Crippen LogP contribution in [-0.4, -0.2) is 51.8 Å². The lowest BCUT2D eigenvalue weighted by molar-refractivity contribution is -0.170. The van der Waals surface area contributed by atoms with Gasteiger partial charge < -0.3 is 20.3 Å². The predicted octanol–water partition coefficient (Wildman–Crippen LogP) is 4.08. The van der Waals surface area contributed by atoms with Crippen molar-refractivity contribution in [1.29, 1.82) is 0 Å². The van der Waals surface area contributed by atoms with E-state index in [-0.39, 0.29) is 30.0 Å². The Morgan fingerprint density at radius 2 is 1.69 bits per heavy atom. The van der Waals surface area contributed by atoms with Gasteiger partial charge in [-0.3, -0.25) is 19.2 Å². The van der Waals surface area contributed by atoms with E-state index in [9.17, 15) is 34.2 Å². The first kappa shape index (κ1) is 30.1. The Bertz CT molecular complexity index is 1310. The van der Waals surface area contributed by atoms with Gasteiger partial charge in [-0.05, 0) is 79.8 Å². The number of fused-ring (bicyclic) bond motifs is 5.